The topological polar surface area (TPSA) is 50.3 Å². The predicted molar refractivity (Wildman–Crippen MR) is 95.4 cm³/mol. The summed E-state index contributed by atoms with van der Waals surface area (Å²) < 4.78 is 7.09. The summed E-state index contributed by atoms with van der Waals surface area (Å²) in [6, 6.07) is 12.2. The van der Waals surface area contributed by atoms with Crippen LogP contribution in [0, 0.1) is 6.92 Å². The molecule has 0 unspecified atom stereocenters. The highest BCUT2D eigenvalue weighted by Gasteiger charge is 2.18. The summed E-state index contributed by atoms with van der Waals surface area (Å²) in [5.74, 6) is 0.879. The fourth-order valence-corrected chi connectivity index (χ4v) is 3.25. The van der Waals surface area contributed by atoms with Crippen LogP contribution in [0.3, 0.4) is 0 Å². The number of aryl methyl sites for hydroxylation is 1. The smallest absolute Gasteiger partial charge is 0.133 e. The van der Waals surface area contributed by atoms with E-state index in [1.165, 1.54) is 5.56 Å². The van der Waals surface area contributed by atoms with E-state index in [0.29, 0.717) is 0 Å². The number of rotatable bonds is 5. The number of piperazine rings is 1. The molecule has 0 spiro atoms. The summed E-state index contributed by atoms with van der Waals surface area (Å²) in [6.45, 7) is 7.99. The van der Waals surface area contributed by atoms with Crippen molar-refractivity contribution in [3.63, 3.8) is 0 Å². The Labute approximate surface area is 147 Å². The molecule has 130 valence electrons. The van der Waals surface area contributed by atoms with Gasteiger partial charge in [0, 0.05) is 57.1 Å². The van der Waals surface area contributed by atoms with Crippen LogP contribution in [0.5, 0.6) is 0 Å². The highest BCUT2D eigenvalue weighted by molar-refractivity contribution is 5.30. The van der Waals surface area contributed by atoms with Gasteiger partial charge >= 0.3 is 0 Å². The first-order valence-electron chi connectivity index (χ1n) is 8.72. The molecule has 1 saturated heterocycles. The molecular formula is C19H23N5O. The minimum absolute atomic E-state index is 0.872. The van der Waals surface area contributed by atoms with Crippen LogP contribution in [0.25, 0.3) is 5.69 Å². The maximum absolute atomic E-state index is 5.15. The fourth-order valence-electron chi connectivity index (χ4n) is 3.25. The van der Waals surface area contributed by atoms with Crippen molar-refractivity contribution in [3.05, 3.63) is 65.8 Å². The van der Waals surface area contributed by atoms with Crippen LogP contribution in [0.1, 0.15) is 17.0 Å². The molecule has 0 radical (unpaired) electrons. The Balaban J connectivity index is 1.29. The molecule has 1 aromatic carbocycles. The second-order valence-electron chi connectivity index (χ2n) is 6.61. The Bertz CT molecular complexity index is 802. The molecule has 1 fully saturated rings. The van der Waals surface area contributed by atoms with E-state index in [2.05, 4.69) is 38.4 Å². The van der Waals surface area contributed by atoms with Gasteiger partial charge in [0.15, 0.2) is 0 Å². The normalized spacial score (nSPS) is 16.4. The van der Waals surface area contributed by atoms with Gasteiger partial charge in [0.1, 0.15) is 5.76 Å². The molecule has 1 aliphatic heterocycles. The summed E-state index contributed by atoms with van der Waals surface area (Å²) in [5.41, 5.74) is 3.38. The molecule has 0 saturated carbocycles. The standard InChI is InChI=1S/C19H23N5O/c1-16-11-18(21-25-16)15-23-9-7-22(8-10-23)13-17-12-20-24(14-17)19-5-3-2-4-6-19/h2-6,11-12,14H,7-10,13,15H2,1H3. The van der Waals surface area contributed by atoms with Crippen molar-refractivity contribution in [1.29, 1.82) is 0 Å². The molecular weight excluding hydrogens is 314 g/mol. The molecule has 6 heteroatoms. The summed E-state index contributed by atoms with van der Waals surface area (Å²) >= 11 is 0. The van der Waals surface area contributed by atoms with Crippen LogP contribution in [0.4, 0.5) is 0 Å². The second-order valence-corrected chi connectivity index (χ2v) is 6.61. The van der Waals surface area contributed by atoms with E-state index in [1.54, 1.807) is 0 Å². The molecule has 0 bridgehead atoms. The van der Waals surface area contributed by atoms with Crippen molar-refractivity contribution in [1.82, 2.24) is 24.7 Å². The molecule has 4 rings (SSSR count). The maximum atomic E-state index is 5.15. The van der Waals surface area contributed by atoms with Gasteiger partial charge in [-0.05, 0) is 19.1 Å². The van der Waals surface area contributed by atoms with E-state index in [9.17, 15) is 0 Å². The number of aromatic nitrogens is 3. The molecule has 0 amide bonds. The lowest BCUT2D eigenvalue weighted by molar-refractivity contribution is 0.120. The Hall–Kier alpha value is -2.44. The third-order valence-electron chi connectivity index (χ3n) is 4.59. The Morgan fingerprint density at radius 2 is 1.72 bits per heavy atom. The van der Waals surface area contributed by atoms with Gasteiger partial charge in [-0.3, -0.25) is 9.80 Å². The lowest BCUT2D eigenvalue weighted by Crippen LogP contribution is -2.45. The van der Waals surface area contributed by atoms with Gasteiger partial charge in [-0.25, -0.2) is 4.68 Å². The fraction of sp³-hybridized carbons (Fsp3) is 0.368. The van der Waals surface area contributed by atoms with Gasteiger partial charge in [0.05, 0.1) is 17.6 Å². The van der Waals surface area contributed by atoms with Crippen LogP contribution in [-0.2, 0) is 13.1 Å². The molecule has 6 nitrogen and oxygen atoms in total. The van der Waals surface area contributed by atoms with Crippen LogP contribution < -0.4 is 0 Å². The van der Waals surface area contributed by atoms with E-state index >= 15 is 0 Å². The zero-order valence-electron chi connectivity index (χ0n) is 14.5. The first-order valence-corrected chi connectivity index (χ1v) is 8.72. The van der Waals surface area contributed by atoms with Crippen molar-refractivity contribution in [2.24, 2.45) is 0 Å². The van der Waals surface area contributed by atoms with Crippen molar-refractivity contribution < 1.29 is 4.52 Å². The first kappa shape index (κ1) is 16.1. The van der Waals surface area contributed by atoms with Crippen LogP contribution >= 0.6 is 0 Å². The van der Waals surface area contributed by atoms with Crippen LogP contribution in [0.2, 0.25) is 0 Å². The summed E-state index contributed by atoms with van der Waals surface area (Å²) in [6.07, 6.45) is 4.09. The average molecular weight is 337 g/mol. The van der Waals surface area contributed by atoms with Gasteiger partial charge < -0.3 is 4.52 Å². The molecule has 0 aliphatic carbocycles. The number of hydrogen-bond acceptors (Lipinski definition) is 5. The third kappa shape index (κ3) is 3.97. The van der Waals surface area contributed by atoms with Gasteiger partial charge in [-0.1, -0.05) is 23.4 Å². The highest BCUT2D eigenvalue weighted by atomic mass is 16.5. The monoisotopic (exact) mass is 337 g/mol. The number of para-hydroxylation sites is 1. The third-order valence-corrected chi connectivity index (χ3v) is 4.59. The van der Waals surface area contributed by atoms with Crippen LogP contribution in [-0.4, -0.2) is 50.9 Å². The van der Waals surface area contributed by atoms with Gasteiger partial charge in [-0.15, -0.1) is 0 Å². The van der Waals surface area contributed by atoms with Gasteiger partial charge in [0.2, 0.25) is 0 Å². The Morgan fingerprint density at radius 1 is 1.00 bits per heavy atom. The molecule has 2 aromatic heterocycles. The van der Waals surface area contributed by atoms with Crippen molar-refractivity contribution >= 4 is 0 Å². The van der Waals surface area contributed by atoms with Gasteiger partial charge in [-0.2, -0.15) is 5.10 Å². The molecule has 3 heterocycles. The molecule has 3 aromatic rings. The number of hydrogen-bond donors (Lipinski definition) is 0. The minimum Gasteiger partial charge on any atom is -0.361 e. The van der Waals surface area contributed by atoms with Crippen molar-refractivity contribution in [3.8, 4) is 5.69 Å². The Morgan fingerprint density at radius 3 is 2.40 bits per heavy atom. The molecule has 1 aliphatic rings. The second kappa shape index (κ2) is 7.21. The quantitative estimate of drug-likeness (QED) is 0.716. The van der Waals surface area contributed by atoms with Crippen molar-refractivity contribution in [2.45, 2.75) is 20.0 Å². The van der Waals surface area contributed by atoms with E-state index in [1.807, 2.05) is 42.1 Å². The molecule has 0 atom stereocenters. The summed E-state index contributed by atoms with van der Waals surface area (Å²) in [4.78, 5) is 4.91. The lowest BCUT2D eigenvalue weighted by Gasteiger charge is -2.33. The lowest BCUT2D eigenvalue weighted by atomic mass is 10.2. The number of benzene rings is 1. The van der Waals surface area contributed by atoms with E-state index in [0.717, 1.165) is 56.4 Å². The first-order chi connectivity index (χ1) is 12.3. The average Bonchev–Trinajstić information content (AvgIpc) is 3.27. The van der Waals surface area contributed by atoms with Gasteiger partial charge in [0.25, 0.3) is 0 Å². The van der Waals surface area contributed by atoms with E-state index in [4.69, 9.17) is 4.52 Å². The number of nitrogens with zero attached hydrogens (tertiary/aromatic N) is 5. The largest absolute Gasteiger partial charge is 0.361 e. The minimum atomic E-state index is 0.872. The zero-order chi connectivity index (χ0) is 17.1. The zero-order valence-corrected chi connectivity index (χ0v) is 14.5. The Kier molecular flexibility index (Phi) is 4.63. The predicted octanol–water partition coefficient (Wildman–Crippen LogP) is 2.49. The SMILES string of the molecule is Cc1cc(CN2CCN(Cc3cnn(-c4ccccc4)c3)CC2)no1. The maximum Gasteiger partial charge on any atom is 0.133 e. The van der Waals surface area contributed by atoms with Crippen molar-refractivity contribution in [2.75, 3.05) is 26.2 Å². The van der Waals surface area contributed by atoms with Crippen LogP contribution in [0.15, 0.2) is 53.3 Å². The summed E-state index contributed by atoms with van der Waals surface area (Å²) in [7, 11) is 0. The molecule has 25 heavy (non-hydrogen) atoms. The van der Waals surface area contributed by atoms with E-state index < -0.39 is 0 Å². The summed E-state index contributed by atoms with van der Waals surface area (Å²) in [5, 5.41) is 8.57. The van der Waals surface area contributed by atoms with E-state index in [-0.39, 0.29) is 0 Å². The highest BCUT2D eigenvalue weighted by Crippen LogP contribution is 2.13. The molecule has 0 N–H and O–H groups in total.